The summed E-state index contributed by atoms with van der Waals surface area (Å²) in [6, 6.07) is 9.80. The van der Waals surface area contributed by atoms with Gasteiger partial charge in [0, 0.05) is 54.1 Å². The molecule has 0 aliphatic carbocycles. The predicted octanol–water partition coefficient (Wildman–Crippen LogP) is 3.10. The van der Waals surface area contributed by atoms with Crippen molar-refractivity contribution in [3.05, 3.63) is 47.2 Å². The number of hydrogen-bond acceptors (Lipinski definition) is 5. The van der Waals surface area contributed by atoms with Crippen LogP contribution >= 0.6 is 11.6 Å². The average molecular weight is 372 g/mol. The summed E-state index contributed by atoms with van der Waals surface area (Å²) >= 11 is 6.37. The number of morpholine rings is 1. The molecule has 0 amide bonds. The third-order valence-electron chi connectivity index (χ3n) is 4.60. The second-order valence-corrected chi connectivity index (χ2v) is 6.84. The van der Waals surface area contributed by atoms with Crippen LogP contribution in [-0.4, -0.2) is 58.9 Å². The van der Waals surface area contributed by atoms with Gasteiger partial charge in [0.1, 0.15) is 5.82 Å². The number of rotatable bonds is 5. The van der Waals surface area contributed by atoms with Crippen molar-refractivity contribution >= 4 is 23.1 Å². The molecule has 2 aromatic heterocycles. The first-order valence-corrected chi connectivity index (χ1v) is 9.24. The van der Waals surface area contributed by atoms with Crippen LogP contribution in [-0.2, 0) is 4.74 Å². The van der Waals surface area contributed by atoms with Crippen LogP contribution in [0.3, 0.4) is 0 Å². The van der Waals surface area contributed by atoms with Crippen LogP contribution in [0.15, 0.2) is 36.5 Å². The van der Waals surface area contributed by atoms with Gasteiger partial charge in [0.15, 0.2) is 5.65 Å². The van der Waals surface area contributed by atoms with Crippen LogP contribution in [0.5, 0.6) is 0 Å². The van der Waals surface area contributed by atoms with Crippen molar-refractivity contribution in [3.63, 3.8) is 0 Å². The highest BCUT2D eigenvalue weighted by atomic mass is 35.5. The molecular weight excluding hydrogens is 350 g/mol. The maximum Gasteiger partial charge on any atom is 0.165 e. The van der Waals surface area contributed by atoms with E-state index in [4.69, 9.17) is 16.3 Å². The van der Waals surface area contributed by atoms with Crippen molar-refractivity contribution in [2.45, 2.75) is 6.92 Å². The SMILES string of the molecule is Cc1cc(NCCN2CCOCC2)n2ncc(-c3ccccc3Cl)c2n1. The molecule has 1 aliphatic heterocycles. The Morgan fingerprint density at radius 1 is 1.19 bits per heavy atom. The Bertz CT molecular complexity index is 904. The van der Waals surface area contributed by atoms with E-state index in [9.17, 15) is 0 Å². The molecule has 26 heavy (non-hydrogen) atoms. The largest absolute Gasteiger partial charge is 0.379 e. The molecule has 3 aromatic rings. The fraction of sp³-hybridized carbons (Fsp3) is 0.368. The van der Waals surface area contributed by atoms with Gasteiger partial charge in [-0.3, -0.25) is 4.90 Å². The van der Waals surface area contributed by atoms with E-state index in [1.165, 1.54) is 0 Å². The molecule has 6 nitrogen and oxygen atoms in total. The zero-order chi connectivity index (χ0) is 17.9. The highest BCUT2D eigenvalue weighted by Gasteiger charge is 2.14. The molecule has 0 atom stereocenters. The number of aromatic nitrogens is 3. The molecule has 7 heteroatoms. The Kier molecular flexibility index (Phi) is 5.06. The second-order valence-electron chi connectivity index (χ2n) is 6.44. The van der Waals surface area contributed by atoms with E-state index in [1.807, 2.05) is 48.0 Å². The highest BCUT2D eigenvalue weighted by Crippen LogP contribution is 2.31. The fourth-order valence-electron chi connectivity index (χ4n) is 3.25. The average Bonchev–Trinajstić information content (AvgIpc) is 3.06. The van der Waals surface area contributed by atoms with Gasteiger partial charge >= 0.3 is 0 Å². The molecule has 1 aromatic carbocycles. The lowest BCUT2D eigenvalue weighted by Crippen LogP contribution is -2.39. The number of aryl methyl sites for hydroxylation is 1. The Morgan fingerprint density at radius 3 is 2.81 bits per heavy atom. The van der Waals surface area contributed by atoms with E-state index in [0.29, 0.717) is 5.02 Å². The van der Waals surface area contributed by atoms with Crippen LogP contribution < -0.4 is 5.32 Å². The summed E-state index contributed by atoms with van der Waals surface area (Å²) in [7, 11) is 0. The molecule has 3 heterocycles. The molecule has 1 aliphatic rings. The molecule has 0 unspecified atom stereocenters. The Balaban J connectivity index is 1.59. The Labute approximate surface area is 157 Å². The number of benzene rings is 1. The second kappa shape index (κ2) is 7.61. The molecule has 1 fully saturated rings. The lowest BCUT2D eigenvalue weighted by molar-refractivity contribution is 0.0398. The smallest absolute Gasteiger partial charge is 0.165 e. The van der Waals surface area contributed by atoms with Crippen molar-refractivity contribution in [1.29, 1.82) is 0 Å². The molecule has 1 N–H and O–H groups in total. The zero-order valence-corrected chi connectivity index (χ0v) is 15.5. The van der Waals surface area contributed by atoms with Gasteiger partial charge in [-0.2, -0.15) is 9.61 Å². The number of anilines is 1. The minimum atomic E-state index is 0.701. The first-order valence-electron chi connectivity index (χ1n) is 8.86. The summed E-state index contributed by atoms with van der Waals surface area (Å²) < 4.78 is 7.25. The van der Waals surface area contributed by atoms with Crippen LogP contribution in [0.4, 0.5) is 5.82 Å². The van der Waals surface area contributed by atoms with Crippen LogP contribution in [0.1, 0.15) is 5.69 Å². The minimum Gasteiger partial charge on any atom is -0.379 e. The van der Waals surface area contributed by atoms with E-state index in [-0.39, 0.29) is 0 Å². The van der Waals surface area contributed by atoms with Crippen molar-refractivity contribution in [3.8, 4) is 11.1 Å². The van der Waals surface area contributed by atoms with E-state index >= 15 is 0 Å². The lowest BCUT2D eigenvalue weighted by atomic mass is 10.1. The maximum absolute atomic E-state index is 6.37. The predicted molar refractivity (Wildman–Crippen MR) is 104 cm³/mol. The van der Waals surface area contributed by atoms with Crippen LogP contribution in [0, 0.1) is 6.92 Å². The molecule has 0 radical (unpaired) electrons. The summed E-state index contributed by atoms with van der Waals surface area (Å²) in [6.07, 6.45) is 1.83. The quantitative estimate of drug-likeness (QED) is 0.746. The first-order chi connectivity index (χ1) is 12.7. The standard InChI is InChI=1S/C19H22ClN5O/c1-14-12-18(21-6-7-24-8-10-26-11-9-24)25-19(23-14)16(13-22-25)15-4-2-3-5-17(15)20/h2-5,12-13,21H,6-11H2,1H3. The van der Waals surface area contributed by atoms with Gasteiger partial charge in [-0.1, -0.05) is 29.8 Å². The summed E-state index contributed by atoms with van der Waals surface area (Å²) in [5.41, 5.74) is 3.64. The van der Waals surface area contributed by atoms with Gasteiger partial charge in [-0.25, -0.2) is 4.98 Å². The van der Waals surface area contributed by atoms with Crippen molar-refractivity contribution < 1.29 is 4.74 Å². The zero-order valence-electron chi connectivity index (χ0n) is 14.8. The first kappa shape index (κ1) is 17.3. The monoisotopic (exact) mass is 371 g/mol. The summed E-state index contributed by atoms with van der Waals surface area (Å²) in [6.45, 7) is 7.44. The fourth-order valence-corrected chi connectivity index (χ4v) is 3.48. The van der Waals surface area contributed by atoms with Gasteiger partial charge < -0.3 is 10.1 Å². The highest BCUT2D eigenvalue weighted by molar-refractivity contribution is 6.33. The number of halogens is 1. The van der Waals surface area contributed by atoms with Crippen LogP contribution in [0.2, 0.25) is 5.02 Å². The topological polar surface area (TPSA) is 54.7 Å². The van der Waals surface area contributed by atoms with E-state index in [0.717, 1.165) is 67.7 Å². The molecule has 136 valence electrons. The third kappa shape index (κ3) is 3.53. The molecule has 0 spiro atoms. The van der Waals surface area contributed by atoms with Crippen molar-refractivity contribution in [2.75, 3.05) is 44.7 Å². The van der Waals surface area contributed by atoms with Crippen LogP contribution in [0.25, 0.3) is 16.8 Å². The summed E-state index contributed by atoms with van der Waals surface area (Å²) in [5.74, 6) is 0.944. The van der Waals surface area contributed by atoms with Gasteiger partial charge in [-0.15, -0.1) is 0 Å². The van der Waals surface area contributed by atoms with Gasteiger partial charge in [0.25, 0.3) is 0 Å². The van der Waals surface area contributed by atoms with E-state index in [2.05, 4.69) is 20.3 Å². The molecule has 0 bridgehead atoms. The molecular formula is C19H22ClN5O. The normalized spacial score (nSPS) is 15.5. The number of nitrogens with zero attached hydrogens (tertiary/aromatic N) is 4. The van der Waals surface area contributed by atoms with Gasteiger partial charge in [0.2, 0.25) is 0 Å². The van der Waals surface area contributed by atoms with Gasteiger partial charge in [0.05, 0.1) is 19.4 Å². The Morgan fingerprint density at radius 2 is 2.00 bits per heavy atom. The lowest BCUT2D eigenvalue weighted by Gasteiger charge is -2.26. The molecule has 1 saturated heterocycles. The molecule has 0 saturated carbocycles. The van der Waals surface area contributed by atoms with E-state index < -0.39 is 0 Å². The summed E-state index contributed by atoms with van der Waals surface area (Å²) in [5, 5.41) is 8.74. The number of nitrogens with one attached hydrogen (secondary N) is 1. The minimum absolute atomic E-state index is 0.701. The van der Waals surface area contributed by atoms with E-state index in [1.54, 1.807) is 0 Å². The number of fused-ring (bicyclic) bond motifs is 1. The molecule has 4 rings (SSSR count). The maximum atomic E-state index is 6.37. The van der Waals surface area contributed by atoms with Crippen molar-refractivity contribution in [1.82, 2.24) is 19.5 Å². The van der Waals surface area contributed by atoms with Crippen molar-refractivity contribution in [2.24, 2.45) is 0 Å². The number of ether oxygens (including phenoxy) is 1. The number of hydrogen-bond donors (Lipinski definition) is 1. The Hall–Kier alpha value is -2.15. The summed E-state index contributed by atoms with van der Waals surface area (Å²) in [4.78, 5) is 7.09. The third-order valence-corrected chi connectivity index (χ3v) is 4.93. The van der Waals surface area contributed by atoms with Gasteiger partial charge in [-0.05, 0) is 13.0 Å².